The molecule has 1 aliphatic heterocycles. The van der Waals surface area contributed by atoms with E-state index in [4.69, 9.17) is 23.2 Å². The van der Waals surface area contributed by atoms with Gasteiger partial charge in [0, 0.05) is 41.7 Å². The number of benzene rings is 1. The van der Waals surface area contributed by atoms with Crippen molar-refractivity contribution in [3.63, 3.8) is 0 Å². The number of nitrogens with one attached hydrogen (secondary N) is 1. The molecule has 0 saturated carbocycles. The first-order chi connectivity index (χ1) is 8.54. The van der Waals surface area contributed by atoms with Crippen LogP contribution in [0.2, 0.25) is 10.0 Å². The highest BCUT2D eigenvalue weighted by Crippen LogP contribution is 2.22. The average molecular weight is 287 g/mol. The van der Waals surface area contributed by atoms with E-state index in [2.05, 4.69) is 5.32 Å². The van der Waals surface area contributed by atoms with Crippen LogP contribution in [-0.4, -0.2) is 29.8 Å². The molecule has 0 bridgehead atoms. The van der Waals surface area contributed by atoms with Crippen molar-refractivity contribution in [2.45, 2.75) is 12.8 Å². The van der Waals surface area contributed by atoms with Crippen molar-refractivity contribution in [1.29, 1.82) is 0 Å². The zero-order chi connectivity index (χ0) is 13.1. The molecular weight excluding hydrogens is 275 g/mol. The lowest BCUT2D eigenvalue weighted by molar-refractivity contribution is -0.120. The van der Waals surface area contributed by atoms with Crippen LogP contribution in [0, 0.1) is 0 Å². The fourth-order valence-electron chi connectivity index (χ4n) is 1.79. The third-order valence-electron chi connectivity index (χ3n) is 2.72. The predicted octanol–water partition coefficient (Wildman–Crippen LogP) is 3.19. The van der Waals surface area contributed by atoms with Gasteiger partial charge in [0.25, 0.3) is 0 Å². The van der Waals surface area contributed by atoms with Crippen LogP contribution in [0.4, 0.5) is 10.5 Å². The highest BCUT2D eigenvalue weighted by atomic mass is 35.5. The number of rotatable bonds is 1. The molecule has 1 fully saturated rings. The second-order valence-corrected chi connectivity index (χ2v) is 4.99. The van der Waals surface area contributed by atoms with Crippen LogP contribution in [0.15, 0.2) is 18.2 Å². The van der Waals surface area contributed by atoms with Gasteiger partial charge in [-0.1, -0.05) is 23.2 Å². The number of amides is 2. The summed E-state index contributed by atoms with van der Waals surface area (Å²) < 4.78 is 0. The Morgan fingerprint density at radius 3 is 2.22 bits per heavy atom. The second kappa shape index (κ2) is 5.59. The predicted molar refractivity (Wildman–Crippen MR) is 71.3 cm³/mol. The van der Waals surface area contributed by atoms with Crippen LogP contribution in [0.25, 0.3) is 0 Å². The molecule has 18 heavy (non-hydrogen) atoms. The third kappa shape index (κ3) is 3.37. The van der Waals surface area contributed by atoms with Gasteiger partial charge in [-0.3, -0.25) is 4.79 Å². The molecule has 1 aromatic rings. The molecule has 1 N–H and O–H groups in total. The van der Waals surface area contributed by atoms with Crippen LogP contribution < -0.4 is 5.32 Å². The van der Waals surface area contributed by atoms with Crippen molar-refractivity contribution < 1.29 is 9.59 Å². The van der Waals surface area contributed by atoms with E-state index in [1.807, 2.05) is 0 Å². The Kier molecular flexibility index (Phi) is 4.09. The summed E-state index contributed by atoms with van der Waals surface area (Å²) in [6.07, 6.45) is 0.841. The Labute approximate surface area is 115 Å². The van der Waals surface area contributed by atoms with Gasteiger partial charge in [0.1, 0.15) is 5.78 Å². The van der Waals surface area contributed by atoms with Crippen LogP contribution in [0.3, 0.4) is 0 Å². The summed E-state index contributed by atoms with van der Waals surface area (Å²) in [6, 6.07) is 4.61. The van der Waals surface area contributed by atoms with E-state index >= 15 is 0 Å². The fourth-order valence-corrected chi connectivity index (χ4v) is 2.31. The first-order valence-corrected chi connectivity index (χ1v) is 6.34. The van der Waals surface area contributed by atoms with Gasteiger partial charge in [-0.25, -0.2) is 4.79 Å². The van der Waals surface area contributed by atoms with E-state index in [9.17, 15) is 9.59 Å². The average Bonchev–Trinajstić information content (AvgIpc) is 2.28. The normalized spacial score (nSPS) is 15.7. The molecule has 1 heterocycles. The number of hydrogen-bond acceptors (Lipinski definition) is 2. The number of Topliss-reactive ketones (excluding diaryl/α,β-unsaturated/α-hetero) is 1. The van der Waals surface area contributed by atoms with Gasteiger partial charge in [-0.2, -0.15) is 0 Å². The van der Waals surface area contributed by atoms with Crippen LogP contribution in [0.5, 0.6) is 0 Å². The lowest BCUT2D eigenvalue weighted by atomic mass is 10.1. The number of carbonyl (C=O) groups excluding carboxylic acids is 2. The quantitative estimate of drug-likeness (QED) is 0.862. The number of piperidine rings is 1. The van der Waals surface area contributed by atoms with Gasteiger partial charge in [0.2, 0.25) is 0 Å². The molecule has 2 amide bonds. The monoisotopic (exact) mass is 286 g/mol. The summed E-state index contributed by atoms with van der Waals surface area (Å²) in [7, 11) is 0. The number of nitrogens with zero attached hydrogens (tertiary/aromatic N) is 1. The molecule has 96 valence electrons. The molecule has 6 heteroatoms. The number of ketones is 1. The molecule has 0 aromatic heterocycles. The molecule has 1 saturated heterocycles. The molecule has 0 unspecified atom stereocenters. The summed E-state index contributed by atoms with van der Waals surface area (Å²) in [5.41, 5.74) is 0.550. The number of urea groups is 1. The number of carbonyl (C=O) groups is 2. The van der Waals surface area contributed by atoms with E-state index in [0.717, 1.165) is 0 Å². The summed E-state index contributed by atoms with van der Waals surface area (Å²) in [5, 5.41) is 3.64. The van der Waals surface area contributed by atoms with Crippen molar-refractivity contribution in [3.8, 4) is 0 Å². The molecule has 4 nitrogen and oxygen atoms in total. The van der Waals surface area contributed by atoms with E-state index in [1.54, 1.807) is 23.1 Å². The maximum Gasteiger partial charge on any atom is 0.321 e. The van der Waals surface area contributed by atoms with Gasteiger partial charge in [0.15, 0.2) is 0 Å². The Morgan fingerprint density at radius 2 is 1.67 bits per heavy atom. The molecule has 2 rings (SSSR count). The number of likely N-dealkylation sites (tertiary alicyclic amines) is 1. The summed E-state index contributed by atoms with van der Waals surface area (Å²) in [4.78, 5) is 24.6. The minimum Gasteiger partial charge on any atom is -0.324 e. The molecule has 1 aromatic carbocycles. The van der Waals surface area contributed by atoms with Gasteiger partial charge in [0.05, 0.1) is 0 Å². The highest BCUT2D eigenvalue weighted by molar-refractivity contribution is 6.35. The van der Waals surface area contributed by atoms with Gasteiger partial charge < -0.3 is 10.2 Å². The number of halogens is 2. The SMILES string of the molecule is O=C1CCN(C(=O)Nc2cc(Cl)cc(Cl)c2)CC1. The first-order valence-electron chi connectivity index (χ1n) is 5.58. The number of hydrogen-bond donors (Lipinski definition) is 1. The zero-order valence-electron chi connectivity index (χ0n) is 9.58. The lowest BCUT2D eigenvalue weighted by Crippen LogP contribution is -2.41. The molecule has 1 aliphatic rings. The fraction of sp³-hybridized carbons (Fsp3) is 0.333. The van der Waals surface area contributed by atoms with Crippen molar-refractivity contribution in [1.82, 2.24) is 4.90 Å². The Morgan fingerprint density at radius 1 is 1.11 bits per heavy atom. The van der Waals surface area contributed by atoms with Crippen molar-refractivity contribution in [2.75, 3.05) is 18.4 Å². The summed E-state index contributed by atoms with van der Waals surface area (Å²) in [6.45, 7) is 0.915. The van der Waals surface area contributed by atoms with E-state index < -0.39 is 0 Å². The maximum absolute atomic E-state index is 11.9. The second-order valence-electron chi connectivity index (χ2n) is 4.11. The smallest absolute Gasteiger partial charge is 0.321 e. The third-order valence-corrected chi connectivity index (χ3v) is 3.16. The Hall–Kier alpha value is -1.26. The standard InChI is InChI=1S/C12H12Cl2N2O2/c13-8-5-9(14)7-10(6-8)15-12(18)16-3-1-11(17)2-4-16/h5-7H,1-4H2,(H,15,18). The topological polar surface area (TPSA) is 49.4 Å². The van der Waals surface area contributed by atoms with Crippen LogP contribution >= 0.6 is 23.2 Å². The molecule has 0 spiro atoms. The highest BCUT2D eigenvalue weighted by Gasteiger charge is 2.20. The van der Waals surface area contributed by atoms with Crippen molar-refractivity contribution in [2.24, 2.45) is 0 Å². The molecule has 0 atom stereocenters. The molecular formula is C12H12Cl2N2O2. The van der Waals surface area contributed by atoms with E-state index in [-0.39, 0.29) is 11.8 Å². The van der Waals surface area contributed by atoms with Crippen LogP contribution in [-0.2, 0) is 4.79 Å². The first kappa shape index (κ1) is 13.2. The summed E-state index contributed by atoms with van der Waals surface area (Å²) in [5.74, 6) is 0.199. The summed E-state index contributed by atoms with van der Waals surface area (Å²) >= 11 is 11.7. The minimum absolute atomic E-state index is 0.199. The van der Waals surface area contributed by atoms with Crippen molar-refractivity contribution >= 4 is 40.7 Å². The van der Waals surface area contributed by atoms with Gasteiger partial charge in [-0.15, -0.1) is 0 Å². The number of anilines is 1. The Bertz CT molecular complexity index is 461. The van der Waals surface area contributed by atoms with E-state index in [1.165, 1.54) is 0 Å². The zero-order valence-corrected chi connectivity index (χ0v) is 11.1. The lowest BCUT2D eigenvalue weighted by Gasteiger charge is -2.26. The van der Waals surface area contributed by atoms with Crippen LogP contribution in [0.1, 0.15) is 12.8 Å². The van der Waals surface area contributed by atoms with Crippen molar-refractivity contribution in [3.05, 3.63) is 28.2 Å². The van der Waals surface area contributed by atoms with Gasteiger partial charge in [-0.05, 0) is 18.2 Å². The minimum atomic E-state index is -0.235. The van der Waals surface area contributed by atoms with Gasteiger partial charge >= 0.3 is 6.03 Å². The van der Waals surface area contributed by atoms with E-state index in [0.29, 0.717) is 41.7 Å². The molecule has 0 radical (unpaired) electrons. The largest absolute Gasteiger partial charge is 0.324 e. The molecule has 0 aliphatic carbocycles. The maximum atomic E-state index is 11.9. The Balaban J connectivity index is 2.00.